The fourth-order valence-corrected chi connectivity index (χ4v) is 4.07. The molecule has 2 N–H and O–H groups in total. The van der Waals surface area contributed by atoms with Crippen LogP contribution in [0.3, 0.4) is 0 Å². The number of halogens is 1. The minimum absolute atomic E-state index is 0.169. The van der Waals surface area contributed by atoms with Crippen molar-refractivity contribution in [3.8, 4) is 11.5 Å². The van der Waals surface area contributed by atoms with E-state index in [-0.39, 0.29) is 6.02 Å². The third kappa shape index (κ3) is 2.03. The SMILES string of the molecule is NC1=NC2(CO1)c1ccccc1Oc1cccc(N3CC[C@@H](F)C3)c12. The zero-order valence-corrected chi connectivity index (χ0v) is 13.6. The fourth-order valence-electron chi connectivity index (χ4n) is 4.07. The van der Waals surface area contributed by atoms with Crippen LogP contribution in [0.1, 0.15) is 17.5 Å². The van der Waals surface area contributed by atoms with E-state index in [1.165, 1.54) is 0 Å². The molecule has 6 heteroatoms. The number of hydrogen-bond donors (Lipinski definition) is 1. The van der Waals surface area contributed by atoms with Gasteiger partial charge in [-0.15, -0.1) is 0 Å². The molecule has 25 heavy (non-hydrogen) atoms. The normalized spacial score (nSPS) is 26.7. The summed E-state index contributed by atoms with van der Waals surface area (Å²) < 4.78 is 25.5. The third-order valence-corrected chi connectivity index (χ3v) is 5.17. The van der Waals surface area contributed by atoms with Crippen LogP contribution in [-0.2, 0) is 10.3 Å². The van der Waals surface area contributed by atoms with Gasteiger partial charge in [0.1, 0.15) is 24.3 Å². The van der Waals surface area contributed by atoms with Crippen LogP contribution < -0.4 is 15.4 Å². The molecular formula is C19H18FN3O2. The Kier molecular flexibility index (Phi) is 2.98. The summed E-state index contributed by atoms with van der Waals surface area (Å²) in [7, 11) is 0. The van der Waals surface area contributed by atoms with E-state index in [1.807, 2.05) is 42.5 Å². The van der Waals surface area contributed by atoms with Gasteiger partial charge in [0, 0.05) is 24.3 Å². The molecule has 1 fully saturated rings. The Labute approximate surface area is 144 Å². The molecule has 128 valence electrons. The number of ether oxygens (including phenoxy) is 2. The van der Waals surface area contributed by atoms with Gasteiger partial charge in [0.05, 0.1) is 5.56 Å². The van der Waals surface area contributed by atoms with Gasteiger partial charge in [-0.3, -0.25) is 0 Å². The molecule has 0 aromatic heterocycles. The van der Waals surface area contributed by atoms with Crippen LogP contribution in [0.4, 0.5) is 10.1 Å². The number of nitrogens with zero attached hydrogens (tertiary/aromatic N) is 2. The molecule has 2 aromatic rings. The molecule has 1 unspecified atom stereocenters. The number of benzene rings is 2. The van der Waals surface area contributed by atoms with Crippen LogP contribution in [0.15, 0.2) is 47.5 Å². The maximum absolute atomic E-state index is 13.8. The average molecular weight is 339 g/mol. The lowest BCUT2D eigenvalue weighted by molar-refractivity contribution is 0.264. The number of anilines is 1. The monoisotopic (exact) mass is 339 g/mol. The Balaban J connectivity index is 1.76. The minimum atomic E-state index is -0.808. The highest BCUT2D eigenvalue weighted by atomic mass is 19.1. The standard InChI is InChI=1S/C19H18FN3O2/c20-12-8-9-23(10-12)14-5-3-7-16-17(14)19(11-24-18(21)22-19)13-4-1-2-6-15(13)25-16/h1-7,12H,8-11H2,(H2,21,22)/t12-,19?/m1/s1. The summed E-state index contributed by atoms with van der Waals surface area (Å²) in [4.78, 5) is 6.75. The van der Waals surface area contributed by atoms with Gasteiger partial charge in [-0.05, 0) is 24.6 Å². The molecule has 3 aliphatic heterocycles. The second kappa shape index (κ2) is 5.12. The lowest BCUT2D eigenvalue weighted by Crippen LogP contribution is -2.34. The van der Waals surface area contributed by atoms with E-state index in [9.17, 15) is 4.39 Å². The number of amidine groups is 1. The number of fused-ring (bicyclic) bond motifs is 4. The highest BCUT2D eigenvalue weighted by Gasteiger charge is 2.49. The Morgan fingerprint density at radius 1 is 1.16 bits per heavy atom. The molecule has 3 aliphatic rings. The Morgan fingerprint density at radius 3 is 2.76 bits per heavy atom. The van der Waals surface area contributed by atoms with Crippen molar-refractivity contribution in [3.05, 3.63) is 53.6 Å². The van der Waals surface area contributed by atoms with Crippen molar-refractivity contribution in [2.45, 2.75) is 18.1 Å². The second-order valence-corrected chi connectivity index (χ2v) is 6.68. The molecule has 0 aliphatic carbocycles. The number of hydrogen-bond acceptors (Lipinski definition) is 5. The van der Waals surface area contributed by atoms with Crippen LogP contribution in [0.2, 0.25) is 0 Å². The van der Waals surface area contributed by atoms with Crippen molar-refractivity contribution >= 4 is 11.7 Å². The molecule has 0 amide bonds. The van der Waals surface area contributed by atoms with Crippen LogP contribution >= 0.6 is 0 Å². The quantitative estimate of drug-likeness (QED) is 0.868. The molecule has 2 aromatic carbocycles. The van der Waals surface area contributed by atoms with Gasteiger partial charge in [0.25, 0.3) is 6.02 Å². The molecular weight excluding hydrogens is 321 g/mol. The second-order valence-electron chi connectivity index (χ2n) is 6.68. The summed E-state index contributed by atoms with van der Waals surface area (Å²) in [6, 6.07) is 13.8. The van der Waals surface area contributed by atoms with Gasteiger partial charge in [-0.25, -0.2) is 9.38 Å². The lowest BCUT2D eigenvalue weighted by Gasteiger charge is -2.36. The van der Waals surface area contributed by atoms with Crippen LogP contribution in [0.5, 0.6) is 11.5 Å². The maximum Gasteiger partial charge on any atom is 0.283 e. The minimum Gasteiger partial charge on any atom is -0.462 e. The molecule has 1 saturated heterocycles. The predicted octanol–water partition coefficient (Wildman–Crippen LogP) is 2.93. The molecule has 0 radical (unpaired) electrons. The van der Waals surface area contributed by atoms with E-state index < -0.39 is 11.7 Å². The first-order valence-electron chi connectivity index (χ1n) is 8.45. The molecule has 5 nitrogen and oxygen atoms in total. The molecule has 0 saturated carbocycles. The van der Waals surface area contributed by atoms with Crippen molar-refractivity contribution in [1.29, 1.82) is 0 Å². The molecule has 1 spiro atoms. The number of para-hydroxylation sites is 1. The van der Waals surface area contributed by atoms with Gasteiger partial charge in [-0.2, -0.15) is 0 Å². The van der Waals surface area contributed by atoms with Crippen molar-refractivity contribution in [1.82, 2.24) is 0 Å². The molecule has 0 bridgehead atoms. The zero-order valence-electron chi connectivity index (χ0n) is 13.6. The summed E-state index contributed by atoms with van der Waals surface area (Å²) >= 11 is 0. The Morgan fingerprint density at radius 2 is 2.00 bits per heavy atom. The van der Waals surface area contributed by atoms with Crippen molar-refractivity contribution in [3.63, 3.8) is 0 Å². The van der Waals surface area contributed by atoms with Gasteiger partial charge < -0.3 is 20.1 Å². The van der Waals surface area contributed by atoms with E-state index in [2.05, 4.69) is 9.89 Å². The van der Waals surface area contributed by atoms with E-state index >= 15 is 0 Å². The first kappa shape index (κ1) is 14.6. The van der Waals surface area contributed by atoms with Crippen molar-refractivity contribution < 1.29 is 13.9 Å². The predicted molar refractivity (Wildman–Crippen MR) is 93.0 cm³/mol. The summed E-state index contributed by atoms with van der Waals surface area (Å²) in [6.07, 6.45) is -0.271. The fraction of sp³-hybridized carbons (Fsp3) is 0.316. The lowest BCUT2D eigenvalue weighted by atomic mass is 9.80. The van der Waals surface area contributed by atoms with Gasteiger partial charge >= 0.3 is 0 Å². The van der Waals surface area contributed by atoms with Crippen LogP contribution in [0, 0.1) is 0 Å². The van der Waals surface area contributed by atoms with E-state index in [1.54, 1.807) is 0 Å². The largest absolute Gasteiger partial charge is 0.462 e. The zero-order chi connectivity index (χ0) is 17.0. The van der Waals surface area contributed by atoms with Gasteiger partial charge in [0.15, 0.2) is 5.54 Å². The average Bonchev–Trinajstić information content (AvgIpc) is 3.22. The molecule has 2 atom stereocenters. The van der Waals surface area contributed by atoms with E-state index in [4.69, 9.17) is 15.2 Å². The molecule has 5 rings (SSSR count). The number of rotatable bonds is 1. The maximum atomic E-state index is 13.8. The van der Waals surface area contributed by atoms with Crippen molar-refractivity contribution in [2.24, 2.45) is 10.7 Å². The number of nitrogens with two attached hydrogens (primary N) is 1. The molecule has 3 heterocycles. The number of aliphatic imine (C=N–C) groups is 1. The third-order valence-electron chi connectivity index (χ3n) is 5.17. The first-order chi connectivity index (χ1) is 12.2. The number of alkyl halides is 1. The van der Waals surface area contributed by atoms with Gasteiger partial charge in [-0.1, -0.05) is 24.3 Å². The summed E-state index contributed by atoms with van der Waals surface area (Å²) in [6.45, 7) is 1.37. The highest BCUT2D eigenvalue weighted by Crippen LogP contribution is 2.54. The van der Waals surface area contributed by atoms with Crippen LogP contribution in [0.25, 0.3) is 0 Å². The Hall–Kier alpha value is -2.76. The van der Waals surface area contributed by atoms with Crippen molar-refractivity contribution in [2.75, 3.05) is 24.6 Å². The summed E-state index contributed by atoms with van der Waals surface area (Å²) in [5.74, 6) is 1.47. The van der Waals surface area contributed by atoms with Crippen LogP contribution in [-0.4, -0.2) is 31.9 Å². The highest BCUT2D eigenvalue weighted by molar-refractivity contribution is 5.79. The van der Waals surface area contributed by atoms with E-state index in [0.29, 0.717) is 26.1 Å². The van der Waals surface area contributed by atoms with E-state index in [0.717, 1.165) is 28.3 Å². The summed E-state index contributed by atoms with van der Waals surface area (Å²) in [5, 5.41) is 0. The summed E-state index contributed by atoms with van der Waals surface area (Å²) in [5.41, 5.74) is 7.91. The first-order valence-corrected chi connectivity index (χ1v) is 8.45. The Bertz CT molecular complexity index is 885. The smallest absolute Gasteiger partial charge is 0.283 e. The topological polar surface area (TPSA) is 60.1 Å². The van der Waals surface area contributed by atoms with Gasteiger partial charge in [0.2, 0.25) is 0 Å².